The highest BCUT2D eigenvalue weighted by atomic mass is 35.5. The molecule has 0 spiro atoms. The van der Waals surface area contributed by atoms with Gasteiger partial charge >= 0.3 is 0 Å². The van der Waals surface area contributed by atoms with Crippen LogP contribution in [0, 0.1) is 0 Å². The number of nitrogens with one attached hydrogen (secondary N) is 1. The number of nitrogens with zero attached hydrogens (tertiary/aromatic N) is 1. The van der Waals surface area contributed by atoms with Crippen molar-refractivity contribution in [2.45, 2.75) is 38.0 Å². The lowest BCUT2D eigenvalue weighted by molar-refractivity contribution is -0.141. The number of morpholine rings is 1. The summed E-state index contributed by atoms with van der Waals surface area (Å²) in [6, 6.07) is -0.178. The summed E-state index contributed by atoms with van der Waals surface area (Å²) in [4.78, 5) is 14.2. The van der Waals surface area contributed by atoms with Crippen molar-refractivity contribution in [3.05, 3.63) is 0 Å². The maximum atomic E-state index is 12.3. The number of hydrogen-bond donors (Lipinski definition) is 1. The zero-order valence-corrected chi connectivity index (χ0v) is 11.9. The molecule has 18 heavy (non-hydrogen) atoms. The van der Waals surface area contributed by atoms with Gasteiger partial charge in [0.1, 0.15) is 6.04 Å². The largest absolute Gasteiger partial charge is 0.381 e. The molecule has 2 rings (SSSR count). The molecule has 0 aromatic carbocycles. The van der Waals surface area contributed by atoms with Crippen molar-refractivity contribution in [2.75, 3.05) is 33.4 Å². The molecule has 2 atom stereocenters. The molecule has 5 nitrogen and oxygen atoms in total. The van der Waals surface area contributed by atoms with E-state index >= 15 is 0 Å². The normalized spacial score (nSPS) is 29.8. The molecule has 2 fully saturated rings. The molecule has 106 valence electrons. The van der Waals surface area contributed by atoms with Crippen molar-refractivity contribution < 1.29 is 14.3 Å². The molecule has 2 aliphatic rings. The lowest BCUT2D eigenvalue weighted by atomic mass is 10.0. The van der Waals surface area contributed by atoms with Crippen molar-refractivity contribution >= 4 is 18.3 Å². The smallest absolute Gasteiger partial charge is 0.242 e. The summed E-state index contributed by atoms with van der Waals surface area (Å²) in [6.07, 6.45) is 2.15. The lowest BCUT2D eigenvalue weighted by Crippen LogP contribution is -2.57. The highest BCUT2D eigenvalue weighted by Gasteiger charge is 2.33. The van der Waals surface area contributed by atoms with E-state index in [0.717, 1.165) is 32.5 Å². The van der Waals surface area contributed by atoms with Crippen LogP contribution in [0.2, 0.25) is 0 Å². The maximum Gasteiger partial charge on any atom is 0.242 e. The molecular weight excluding hydrogens is 256 g/mol. The Morgan fingerprint density at radius 2 is 2.06 bits per heavy atom. The van der Waals surface area contributed by atoms with E-state index < -0.39 is 0 Å². The van der Waals surface area contributed by atoms with Crippen molar-refractivity contribution in [3.8, 4) is 0 Å². The summed E-state index contributed by atoms with van der Waals surface area (Å²) in [5, 5.41) is 3.24. The molecule has 6 heteroatoms. The van der Waals surface area contributed by atoms with Crippen molar-refractivity contribution in [1.29, 1.82) is 0 Å². The minimum atomic E-state index is -0.178. The van der Waals surface area contributed by atoms with E-state index in [-0.39, 0.29) is 30.5 Å². The second-order valence-electron chi connectivity index (χ2n) is 4.77. The molecule has 2 aliphatic heterocycles. The van der Waals surface area contributed by atoms with E-state index in [1.54, 1.807) is 7.11 Å². The van der Waals surface area contributed by atoms with E-state index in [0.29, 0.717) is 12.7 Å². The fourth-order valence-electron chi connectivity index (χ4n) is 2.52. The van der Waals surface area contributed by atoms with Crippen LogP contribution >= 0.6 is 12.4 Å². The summed E-state index contributed by atoms with van der Waals surface area (Å²) >= 11 is 0. The summed E-state index contributed by atoms with van der Waals surface area (Å²) in [6.45, 7) is 4.99. The summed E-state index contributed by atoms with van der Waals surface area (Å²) in [5.41, 5.74) is 0. The second kappa shape index (κ2) is 7.28. The van der Waals surface area contributed by atoms with Gasteiger partial charge < -0.3 is 19.7 Å². The number of hydrogen-bond acceptors (Lipinski definition) is 4. The van der Waals surface area contributed by atoms with E-state index in [2.05, 4.69) is 5.32 Å². The number of likely N-dealkylation sites (tertiary alicyclic amines) is 1. The number of ether oxygens (including phenoxy) is 2. The Balaban J connectivity index is 0.00000162. The number of methoxy groups -OCH3 is 1. The fraction of sp³-hybridized carbons (Fsp3) is 0.917. The van der Waals surface area contributed by atoms with Crippen LogP contribution in [0.5, 0.6) is 0 Å². The summed E-state index contributed by atoms with van der Waals surface area (Å²) in [7, 11) is 1.74. The first-order valence-corrected chi connectivity index (χ1v) is 6.39. The molecule has 0 radical (unpaired) electrons. The van der Waals surface area contributed by atoms with Gasteiger partial charge in [0, 0.05) is 26.7 Å². The first kappa shape index (κ1) is 15.7. The van der Waals surface area contributed by atoms with Crippen LogP contribution in [0.15, 0.2) is 0 Å². The third-order valence-electron chi connectivity index (χ3n) is 3.67. The molecule has 1 N–H and O–H groups in total. The molecular formula is C12H23ClN2O3. The van der Waals surface area contributed by atoms with E-state index in [1.165, 1.54) is 0 Å². The number of carbonyl (C=O) groups is 1. The maximum absolute atomic E-state index is 12.3. The van der Waals surface area contributed by atoms with Crippen LogP contribution in [0.1, 0.15) is 19.8 Å². The average Bonchev–Trinajstić information content (AvgIpc) is 2.39. The van der Waals surface area contributed by atoms with Crippen LogP contribution in [0.3, 0.4) is 0 Å². The van der Waals surface area contributed by atoms with Gasteiger partial charge in [0.15, 0.2) is 0 Å². The summed E-state index contributed by atoms with van der Waals surface area (Å²) in [5.74, 6) is 0.173. The molecule has 0 aliphatic carbocycles. The van der Waals surface area contributed by atoms with Crippen LogP contribution < -0.4 is 5.32 Å². The van der Waals surface area contributed by atoms with E-state index in [1.807, 2.05) is 11.8 Å². The molecule has 0 unspecified atom stereocenters. The van der Waals surface area contributed by atoms with Crippen molar-refractivity contribution in [2.24, 2.45) is 0 Å². The third kappa shape index (κ3) is 3.57. The first-order chi connectivity index (χ1) is 8.22. The number of piperidine rings is 1. The molecule has 2 heterocycles. The number of halogens is 1. The Morgan fingerprint density at radius 1 is 1.39 bits per heavy atom. The third-order valence-corrected chi connectivity index (χ3v) is 3.67. The van der Waals surface area contributed by atoms with Gasteiger partial charge in [-0.2, -0.15) is 0 Å². The standard InChI is InChI=1S/C12H22N2O3.ClH/c1-9-11(13-5-8-17-9)12(15)14-6-3-10(16-2)4-7-14;/h9-11,13H,3-8H2,1-2H3;1H/t9-,11+;/m1./s1. The Morgan fingerprint density at radius 3 is 2.61 bits per heavy atom. The molecule has 2 saturated heterocycles. The Labute approximate surface area is 115 Å². The van der Waals surface area contributed by atoms with Gasteiger partial charge in [0.25, 0.3) is 0 Å². The molecule has 0 aromatic rings. The predicted octanol–water partition coefficient (Wildman–Crippen LogP) is 0.422. The van der Waals surface area contributed by atoms with E-state index in [4.69, 9.17) is 9.47 Å². The SMILES string of the molecule is COC1CCN(C(=O)[C@H]2NCCO[C@@H]2C)CC1.Cl. The monoisotopic (exact) mass is 278 g/mol. The first-order valence-electron chi connectivity index (χ1n) is 6.39. The van der Waals surface area contributed by atoms with Crippen LogP contribution in [-0.4, -0.2) is 62.4 Å². The molecule has 0 saturated carbocycles. The van der Waals surface area contributed by atoms with Gasteiger partial charge in [-0.15, -0.1) is 12.4 Å². The Bertz CT molecular complexity index is 270. The van der Waals surface area contributed by atoms with Crippen molar-refractivity contribution in [1.82, 2.24) is 10.2 Å². The topological polar surface area (TPSA) is 50.8 Å². The molecule has 0 aromatic heterocycles. The quantitative estimate of drug-likeness (QED) is 0.796. The number of rotatable bonds is 2. The minimum Gasteiger partial charge on any atom is -0.381 e. The second-order valence-corrected chi connectivity index (χ2v) is 4.77. The highest BCUT2D eigenvalue weighted by Crippen LogP contribution is 2.16. The van der Waals surface area contributed by atoms with Gasteiger partial charge in [-0.1, -0.05) is 0 Å². The lowest BCUT2D eigenvalue weighted by Gasteiger charge is -2.37. The van der Waals surface area contributed by atoms with Crippen LogP contribution in [0.4, 0.5) is 0 Å². The van der Waals surface area contributed by atoms with Gasteiger partial charge in [-0.05, 0) is 19.8 Å². The Kier molecular flexibility index (Phi) is 6.35. The van der Waals surface area contributed by atoms with Crippen molar-refractivity contribution in [3.63, 3.8) is 0 Å². The van der Waals surface area contributed by atoms with Gasteiger partial charge in [0.2, 0.25) is 5.91 Å². The number of amides is 1. The highest BCUT2D eigenvalue weighted by molar-refractivity contribution is 5.85. The van der Waals surface area contributed by atoms with Gasteiger partial charge in [0.05, 0.1) is 18.8 Å². The van der Waals surface area contributed by atoms with Gasteiger partial charge in [-0.3, -0.25) is 4.79 Å². The Hall–Kier alpha value is -0.360. The zero-order valence-electron chi connectivity index (χ0n) is 11.1. The minimum absolute atomic E-state index is 0. The fourth-order valence-corrected chi connectivity index (χ4v) is 2.52. The number of carbonyl (C=O) groups excluding carboxylic acids is 1. The molecule has 0 bridgehead atoms. The van der Waals surface area contributed by atoms with Crippen LogP contribution in [0.25, 0.3) is 0 Å². The van der Waals surface area contributed by atoms with Crippen LogP contribution in [-0.2, 0) is 14.3 Å². The summed E-state index contributed by atoms with van der Waals surface area (Å²) < 4.78 is 10.8. The molecule has 1 amide bonds. The van der Waals surface area contributed by atoms with E-state index in [9.17, 15) is 4.79 Å². The zero-order chi connectivity index (χ0) is 12.3. The van der Waals surface area contributed by atoms with Gasteiger partial charge in [-0.25, -0.2) is 0 Å². The predicted molar refractivity (Wildman–Crippen MR) is 71.1 cm³/mol. The average molecular weight is 279 g/mol.